The second kappa shape index (κ2) is 6.19. The molecule has 1 aromatic carbocycles. The molecule has 2 aromatic rings. The third kappa shape index (κ3) is 2.54. The third-order valence-corrected chi connectivity index (χ3v) is 4.06. The number of anilines is 1. The Morgan fingerprint density at radius 2 is 1.75 bits per heavy atom. The van der Waals surface area contributed by atoms with Crippen molar-refractivity contribution in [3.05, 3.63) is 58.4 Å². The Bertz CT molecular complexity index is 821. The van der Waals surface area contributed by atoms with E-state index in [1.165, 1.54) is 14.2 Å². The summed E-state index contributed by atoms with van der Waals surface area (Å²) < 4.78 is 9.65. The van der Waals surface area contributed by atoms with Gasteiger partial charge < -0.3 is 14.8 Å². The molecule has 2 heterocycles. The molecule has 7 nitrogen and oxygen atoms in total. The number of fused-ring (bicyclic) bond motifs is 1. The number of carbonyl (C=O) groups excluding carboxylic acids is 2. The van der Waals surface area contributed by atoms with E-state index in [9.17, 15) is 9.59 Å². The van der Waals surface area contributed by atoms with Gasteiger partial charge in [0, 0.05) is 17.2 Å². The first kappa shape index (κ1) is 15.8. The van der Waals surface area contributed by atoms with Crippen molar-refractivity contribution in [2.45, 2.75) is 12.8 Å². The summed E-state index contributed by atoms with van der Waals surface area (Å²) in [5.74, 6) is -0.411. The summed E-state index contributed by atoms with van der Waals surface area (Å²) in [5, 5.41) is 10.1. The van der Waals surface area contributed by atoms with Crippen molar-refractivity contribution in [1.82, 2.24) is 10.2 Å². The first-order chi connectivity index (χ1) is 11.6. The Balaban J connectivity index is 2.09. The van der Waals surface area contributed by atoms with Gasteiger partial charge in [0.1, 0.15) is 5.82 Å². The van der Waals surface area contributed by atoms with E-state index in [2.05, 4.69) is 15.5 Å². The van der Waals surface area contributed by atoms with Gasteiger partial charge >= 0.3 is 11.9 Å². The van der Waals surface area contributed by atoms with Gasteiger partial charge in [-0.3, -0.25) is 5.10 Å². The molecule has 1 aliphatic heterocycles. The number of aromatic amines is 1. The number of aromatic nitrogens is 2. The molecule has 0 spiro atoms. The summed E-state index contributed by atoms with van der Waals surface area (Å²) in [6.45, 7) is 1.81. The van der Waals surface area contributed by atoms with E-state index in [0.717, 1.165) is 16.9 Å². The Labute approximate surface area is 138 Å². The molecule has 7 heteroatoms. The number of nitrogens with zero attached hydrogens (tertiary/aromatic N) is 1. The molecule has 0 aliphatic carbocycles. The van der Waals surface area contributed by atoms with E-state index < -0.39 is 11.9 Å². The van der Waals surface area contributed by atoms with Gasteiger partial charge in [0.05, 0.1) is 31.6 Å². The number of hydrogen-bond donors (Lipinski definition) is 2. The van der Waals surface area contributed by atoms with Crippen molar-refractivity contribution in [2.75, 3.05) is 19.5 Å². The predicted octanol–water partition coefficient (Wildman–Crippen LogP) is 2.20. The number of ether oxygens (including phenoxy) is 2. The molecule has 3 rings (SSSR count). The molecule has 1 aromatic heterocycles. The summed E-state index contributed by atoms with van der Waals surface area (Å²) >= 11 is 0. The van der Waals surface area contributed by atoms with Gasteiger partial charge in [0.2, 0.25) is 0 Å². The highest BCUT2D eigenvalue weighted by Crippen LogP contribution is 2.41. The van der Waals surface area contributed by atoms with Crippen molar-refractivity contribution >= 4 is 17.8 Å². The fourth-order valence-electron chi connectivity index (χ4n) is 2.90. The average Bonchev–Trinajstić information content (AvgIpc) is 3.07. The molecule has 1 atom stereocenters. The predicted molar refractivity (Wildman–Crippen MR) is 86.6 cm³/mol. The average molecular weight is 327 g/mol. The van der Waals surface area contributed by atoms with Crippen LogP contribution in [0.4, 0.5) is 5.82 Å². The Morgan fingerprint density at radius 1 is 1.08 bits per heavy atom. The van der Waals surface area contributed by atoms with Crippen LogP contribution in [-0.2, 0) is 14.3 Å². The highest BCUT2D eigenvalue weighted by Gasteiger charge is 2.34. The normalized spacial score (nSPS) is 16.2. The maximum Gasteiger partial charge on any atom is 0.337 e. The van der Waals surface area contributed by atoms with Gasteiger partial charge in [-0.25, -0.2) is 9.59 Å². The van der Waals surface area contributed by atoms with Crippen LogP contribution >= 0.6 is 0 Å². The molecule has 1 aliphatic rings. The molecular formula is C17H17N3O4. The Kier molecular flexibility index (Phi) is 4.07. The number of rotatable bonds is 3. The SMILES string of the molecule is COC(=O)C1=C(C)Nc2[nH]ncc2C1c1ccc(C(=O)OC)cc1. The van der Waals surface area contributed by atoms with Crippen molar-refractivity contribution in [3.63, 3.8) is 0 Å². The van der Waals surface area contributed by atoms with Crippen LogP contribution in [0.1, 0.15) is 34.3 Å². The van der Waals surface area contributed by atoms with Gasteiger partial charge in [-0.2, -0.15) is 5.10 Å². The van der Waals surface area contributed by atoms with Gasteiger partial charge in [-0.15, -0.1) is 0 Å². The number of H-pyrrole nitrogens is 1. The first-order valence-electron chi connectivity index (χ1n) is 7.34. The molecular weight excluding hydrogens is 310 g/mol. The second-order valence-corrected chi connectivity index (χ2v) is 5.40. The minimum absolute atomic E-state index is 0.334. The van der Waals surface area contributed by atoms with E-state index in [4.69, 9.17) is 9.47 Å². The van der Waals surface area contributed by atoms with Crippen molar-refractivity contribution < 1.29 is 19.1 Å². The lowest BCUT2D eigenvalue weighted by Gasteiger charge is -2.27. The summed E-state index contributed by atoms with van der Waals surface area (Å²) in [5.41, 5.74) is 3.35. The van der Waals surface area contributed by atoms with Crippen LogP contribution in [0, 0.1) is 0 Å². The van der Waals surface area contributed by atoms with E-state index in [1.54, 1.807) is 30.5 Å². The number of hydrogen-bond acceptors (Lipinski definition) is 6. The zero-order valence-corrected chi connectivity index (χ0v) is 13.5. The largest absolute Gasteiger partial charge is 0.466 e. The molecule has 24 heavy (non-hydrogen) atoms. The van der Waals surface area contributed by atoms with E-state index in [1.807, 2.05) is 6.92 Å². The first-order valence-corrected chi connectivity index (χ1v) is 7.34. The van der Waals surface area contributed by atoms with Crippen LogP contribution in [0.15, 0.2) is 41.7 Å². The molecule has 0 saturated heterocycles. The number of nitrogens with one attached hydrogen (secondary N) is 2. The molecule has 124 valence electrons. The van der Waals surface area contributed by atoms with Crippen LogP contribution in [-0.4, -0.2) is 36.4 Å². The maximum atomic E-state index is 12.3. The third-order valence-electron chi connectivity index (χ3n) is 4.06. The number of benzene rings is 1. The van der Waals surface area contributed by atoms with E-state index >= 15 is 0 Å². The Hall–Kier alpha value is -3.09. The molecule has 1 unspecified atom stereocenters. The number of carbonyl (C=O) groups is 2. The standard InChI is InChI=1S/C17H17N3O4/c1-9-13(17(22)24-3)14(12-8-18-20-15(12)19-9)10-4-6-11(7-5-10)16(21)23-2/h4-8,14H,1-3H3,(H2,18,19,20). The highest BCUT2D eigenvalue weighted by molar-refractivity contribution is 5.94. The lowest BCUT2D eigenvalue weighted by molar-refractivity contribution is -0.136. The van der Waals surface area contributed by atoms with Crippen molar-refractivity contribution in [2.24, 2.45) is 0 Å². The fourth-order valence-corrected chi connectivity index (χ4v) is 2.90. The van der Waals surface area contributed by atoms with Crippen LogP contribution in [0.3, 0.4) is 0 Å². The summed E-state index contributed by atoms with van der Waals surface area (Å²) in [4.78, 5) is 23.9. The zero-order chi connectivity index (χ0) is 17.3. The topological polar surface area (TPSA) is 93.3 Å². The molecule has 0 amide bonds. The molecule has 0 bridgehead atoms. The van der Waals surface area contributed by atoms with Crippen LogP contribution < -0.4 is 5.32 Å². The van der Waals surface area contributed by atoms with Gasteiger partial charge in [0.25, 0.3) is 0 Å². The van der Waals surface area contributed by atoms with Crippen LogP contribution in [0.25, 0.3) is 0 Å². The number of methoxy groups -OCH3 is 2. The van der Waals surface area contributed by atoms with Gasteiger partial charge in [-0.1, -0.05) is 12.1 Å². The second-order valence-electron chi connectivity index (χ2n) is 5.40. The van der Waals surface area contributed by atoms with Gasteiger partial charge in [-0.05, 0) is 24.6 Å². The summed E-state index contributed by atoms with van der Waals surface area (Å²) in [6.07, 6.45) is 1.68. The zero-order valence-electron chi connectivity index (χ0n) is 13.5. The van der Waals surface area contributed by atoms with Crippen LogP contribution in [0.2, 0.25) is 0 Å². The Morgan fingerprint density at radius 3 is 2.38 bits per heavy atom. The maximum absolute atomic E-state index is 12.3. The van der Waals surface area contributed by atoms with E-state index in [-0.39, 0.29) is 5.92 Å². The lowest BCUT2D eigenvalue weighted by Crippen LogP contribution is -2.23. The molecule has 0 radical (unpaired) electrons. The van der Waals surface area contributed by atoms with E-state index in [0.29, 0.717) is 16.8 Å². The minimum atomic E-state index is -0.408. The molecule has 0 saturated carbocycles. The molecule has 0 fully saturated rings. The summed E-state index contributed by atoms with van der Waals surface area (Å²) in [6, 6.07) is 6.95. The molecule has 2 N–H and O–H groups in total. The highest BCUT2D eigenvalue weighted by atomic mass is 16.5. The monoisotopic (exact) mass is 327 g/mol. The van der Waals surface area contributed by atoms with Crippen molar-refractivity contribution in [1.29, 1.82) is 0 Å². The minimum Gasteiger partial charge on any atom is -0.466 e. The lowest BCUT2D eigenvalue weighted by atomic mass is 9.82. The number of esters is 2. The summed E-state index contributed by atoms with van der Waals surface area (Å²) in [7, 11) is 2.69. The smallest absolute Gasteiger partial charge is 0.337 e. The van der Waals surface area contributed by atoms with Crippen molar-refractivity contribution in [3.8, 4) is 0 Å². The quantitative estimate of drug-likeness (QED) is 0.840. The van der Waals surface area contributed by atoms with Crippen LogP contribution in [0.5, 0.6) is 0 Å². The van der Waals surface area contributed by atoms with Gasteiger partial charge in [0.15, 0.2) is 0 Å². The fraction of sp³-hybridized carbons (Fsp3) is 0.235. The number of allylic oxidation sites excluding steroid dienone is 1.